The Balaban J connectivity index is 2.09. The molecule has 0 amide bonds. The molecule has 2 N–H and O–H groups in total. The number of benzene rings is 1. The minimum Gasteiger partial charge on any atom is -0.386 e. The topological polar surface area (TPSA) is 66.4 Å². The first kappa shape index (κ1) is 15.4. The fourth-order valence-corrected chi connectivity index (χ4v) is 3.52. The van der Waals surface area contributed by atoms with E-state index < -0.39 is 21.9 Å². The molecule has 2 aromatic rings. The quantitative estimate of drug-likeness (QED) is 0.882. The molecule has 0 aliphatic rings. The van der Waals surface area contributed by atoms with E-state index in [0.717, 1.165) is 18.2 Å². The van der Waals surface area contributed by atoms with Gasteiger partial charge in [-0.25, -0.2) is 17.5 Å². The lowest BCUT2D eigenvalue weighted by molar-refractivity contribution is 0.186. The molecule has 2 rings (SSSR count). The minimum absolute atomic E-state index is 0.151. The highest BCUT2D eigenvalue weighted by atomic mass is 35.5. The third-order valence-electron chi connectivity index (χ3n) is 2.54. The highest BCUT2D eigenvalue weighted by molar-refractivity contribution is 7.89. The molecule has 8 heteroatoms. The normalized spacial score (nSPS) is 13.3. The van der Waals surface area contributed by atoms with Crippen LogP contribution in [0.4, 0.5) is 4.39 Å². The highest BCUT2D eigenvalue weighted by Crippen LogP contribution is 2.21. The summed E-state index contributed by atoms with van der Waals surface area (Å²) in [4.78, 5) is 0.507. The number of hydrogen-bond acceptors (Lipinski definition) is 4. The van der Waals surface area contributed by atoms with Gasteiger partial charge in [-0.15, -0.1) is 11.3 Å². The van der Waals surface area contributed by atoms with Crippen LogP contribution < -0.4 is 4.72 Å². The van der Waals surface area contributed by atoms with Crippen LogP contribution in [0, 0.1) is 5.82 Å². The van der Waals surface area contributed by atoms with Crippen LogP contribution in [-0.4, -0.2) is 20.1 Å². The lowest BCUT2D eigenvalue weighted by atomic mass is 10.3. The Labute approximate surface area is 124 Å². The summed E-state index contributed by atoms with van der Waals surface area (Å²) >= 11 is 6.88. The molecule has 108 valence electrons. The summed E-state index contributed by atoms with van der Waals surface area (Å²) in [5, 5.41) is 11.3. The Hall–Kier alpha value is -0.990. The molecule has 0 saturated heterocycles. The van der Waals surface area contributed by atoms with Crippen LogP contribution in [0.1, 0.15) is 11.0 Å². The van der Waals surface area contributed by atoms with Gasteiger partial charge in [-0.05, 0) is 29.6 Å². The van der Waals surface area contributed by atoms with Crippen LogP contribution in [0.3, 0.4) is 0 Å². The number of thiophene rings is 1. The van der Waals surface area contributed by atoms with Gasteiger partial charge in [-0.3, -0.25) is 0 Å². The number of nitrogens with one attached hydrogen (secondary N) is 1. The molecule has 0 radical (unpaired) electrons. The predicted octanol–water partition coefficient (Wildman–Crippen LogP) is 2.55. The number of aliphatic hydroxyl groups is 1. The molecule has 0 fully saturated rings. The van der Waals surface area contributed by atoms with Crippen molar-refractivity contribution in [1.29, 1.82) is 0 Å². The number of hydrogen-bond donors (Lipinski definition) is 2. The summed E-state index contributed by atoms with van der Waals surface area (Å²) in [5.41, 5.74) is 0. The van der Waals surface area contributed by atoms with Gasteiger partial charge in [0.25, 0.3) is 0 Å². The molecule has 0 aliphatic carbocycles. The van der Waals surface area contributed by atoms with Gasteiger partial charge in [0, 0.05) is 11.4 Å². The maximum absolute atomic E-state index is 13.0. The molecule has 1 unspecified atom stereocenters. The van der Waals surface area contributed by atoms with Gasteiger partial charge < -0.3 is 5.11 Å². The Morgan fingerprint density at radius 3 is 2.75 bits per heavy atom. The summed E-state index contributed by atoms with van der Waals surface area (Å²) in [5.74, 6) is -0.691. The van der Waals surface area contributed by atoms with Gasteiger partial charge >= 0.3 is 0 Å². The molecule has 1 aromatic carbocycles. The number of sulfonamides is 1. The average Bonchev–Trinajstić information content (AvgIpc) is 2.93. The molecule has 0 saturated carbocycles. The van der Waals surface area contributed by atoms with Crippen molar-refractivity contribution in [2.45, 2.75) is 11.0 Å². The summed E-state index contributed by atoms with van der Waals surface area (Å²) in [6, 6.07) is 6.58. The fraction of sp³-hybridized carbons (Fsp3) is 0.167. The standard InChI is InChI=1S/C12H11ClFNO3S2/c13-9-6-8(3-4-10(9)14)20(17,18)15-7-11(16)12-2-1-5-19-12/h1-6,11,15-16H,7H2. The predicted molar refractivity (Wildman–Crippen MR) is 75.9 cm³/mol. The summed E-state index contributed by atoms with van der Waals surface area (Å²) in [6.07, 6.45) is -0.930. The van der Waals surface area contributed by atoms with Crippen LogP contribution >= 0.6 is 22.9 Å². The highest BCUT2D eigenvalue weighted by Gasteiger charge is 2.18. The third-order valence-corrected chi connectivity index (χ3v) is 5.22. The lowest BCUT2D eigenvalue weighted by Gasteiger charge is -2.11. The zero-order valence-corrected chi connectivity index (χ0v) is 12.5. The molecule has 1 aromatic heterocycles. The van der Waals surface area contributed by atoms with Crippen LogP contribution in [0.2, 0.25) is 5.02 Å². The van der Waals surface area contributed by atoms with Crippen molar-refractivity contribution in [3.63, 3.8) is 0 Å². The van der Waals surface area contributed by atoms with Gasteiger partial charge in [0.05, 0.1) is 9.92 Å². The molecule has 0 aliphatic heterocycles. The van der Waals surface area contributed by atoms with Gasteiger partial charge in [-0.1, -0.05) is 17.7 Å². The van der Waals surface area contributed by atoms with E-state index in [-0.39, 0.29) is 16.5 Å². The first-order chi connectivity index (χ1) is 9.40. The summed E-state index contributed by atoms with van der Waals surface area (Å²) < 4.78 is 39.2. The Morgan fingerprint density at radius 2 is 2.15 bits per heavy atom. The van der Waals surface area contributed by atoms with Crippen LogP contribution in [0.25, 0.3) is 0 Å². The Morgan fingerprint density at radius 1 is 1.40 bits per heavy atom. The van der Waals surface area contributed by atoms with Crippen molar-refractivity contribution in [2.75, 3.05) is 6.54 Å². The van der Waals surface area contributed by atoms with Crippen molar-refractivity contribution in [1.82, 2.24) is 4.72 Å². The van der Waals surface area contributed by atoms with Gasteiger partial charge in [0.2, 0.25) is 10.0 Å². The maximum atomic E-state index is 13.0. The van der Waals surface area contributed by atoms with E-state index in [1.165, 1.54) is 11.3 Å². The van der Waals surface area contributed by atoms with Crippen LogP contribution in [0.5, 0.6) is 0 Å². The summed E-state index contributed by atoms with van der Waals surface area (Å²) in [6.45, 7) is -0.169. The number of aliphatic hydroxyl groups excluding tert-OH is 1. The number of rotatable bonds is 5. The average molecular weight is 336 g/mol. The van der Waals surface area contributed by atoms with E-state index in [2.05, 4.69) is 4.72 Å². The molecule has 1 heterocycles. The van der Waals surface area contributed by atoms with Crippen molar-refractivity contribution >= 4 is 33.0 Å². The van der Waals surface area contributed by atoms with E-state index in [4.69, 9.17) is 11.6 Å². The fourth-order valence-electron chi connectivity index (χ4n) is 1.50. The van der Waals surface area contributed by atoms with Crippen LogP contribution in [0.15, 0.2) is 40.6 Å². The van der Waals surface area contributed by atoms with E-state index in [9.17, 15) is 17.9 Å². The second-order valence-corrected chi connectivity index (χ2v) is 7.11. The molecule has 0 spiro atoms. The monoisotopic (exact) mass is 335 g/mol. The molecule has 20 heavy (non-hydrogen) atoms. The Bertz CT molecular complexity index is 689. The third kappa shape index (κ3) is 3.56. The van der Waals surface area contributed by atoms with Crippen molar-refractivity contribution in [3.8, 4) is 0 Å². The lowest BCUT2D eigenvalue weighted by Crippen LogP contribution is -2.28. The molecule has 0 bridgehead atoms. The molecular weight excluding hydrogens is 325 g/mol. The molecular formula is C12H11ClFNO3S2. The van der Waals surface area contributed by atoms with E-state index in [1.54, 1.807) is 17.5 Å². The van der Waals surface area contributed by atoms with Crippen LogP contribution in [-0.2, 0) is 10.0 Å². The van der Waals surface area contributed by atoms with Crippen molar-refractivity contribution in [2.24, 2.45) is 0 Å². The largest absolute Gasteiger partial charge is 0.386 e. The minimum atomic E-state index is -3.84. The van der Waals surface area contributed by atoms with Crippen molar-refractivity contribution < 1.29 is 17.9 Å². The second-order valence-electron chi connectivity index (χ2n) is 3.96. The number of halogens is 2. The van der Waals surface area contributed by atoms with E-state index in [1.807, 2.05) is 0 Å². The second kappa shape index (κ2) is 6.19. The van der Waals surface area contributed by atoms with Gasteiger partial charge in [0.1, 0.15) is 11.9 Å². The molecule has 1 atom stereocenters. The Kier molecular flexibility index (Phi) is 4.77. The van der Waals surface area contributed by atoms with E-state index in [0.29, 0.717) is 4.88 Å². The van der Waals surface area contributed by atoms with Gasteiger partial charge in [-0.2, -0.15) is 0 Å². The zero-order chi connectivity index (χ0) is 14.8. The first-order valence-electron chi connectivity index (χ1n) is 5.56. The summed E-state index contributed by atoms with van der Waals surface area (Å²) in [7, 11) is -3.84. The van der Waals surface area contributed by atoms with Gasteiger partial charge in [0.15, 0.2) is 0 Å². The zero-order valence-electron chi connectivity index (χ0n) is 10.1. The van der Waals surface area contributed by atoms with E-state index >= 15 is 0 Å². The van der Waals surface area contributed by atoms with Crippen molar-refractivity contribution in [3.05, 3.63) is 51.4 Å². The first-order valence-corrected chi connectivity index (χ1v) is 8.30. The maximum Gasteiger partial charge on any atom is 0.240 e. The smallest absolute Gasteiger partial charge is 0.240 e. The molecule has 4 nitrogen and oxygen atoms in total. The SMILES string of the molecule is O=S(=O)(NCC(O)c1cccs1)c1ccc(F)c(Cl)c1.